The van der Waals surface area contributed by atoms with Crippen LogP contribution in [0.1, 0.15) is 35.5 Å². The maximum atomic E-state index is 11.4. The number of carbonyl (C=O) groups excluding carboxylic acids is 1. The van der Waals surface area contributed by atoms with Gasteiger partial charge in [0, 0.05) is 6.54 Å². The van der Waals surface area contributed by atoms with E-state index in [9.17, 15) is 4.79 Å². The Balaban J connectivity index is 2.58. The van der Waals surface area contributed by atoms with Gasteiger partial charge in [0.05, 0.1) is 11.5 Å². The quantitative estimate of drug-likeness (QED) is 0.776. The highest BCUT2D eigenvalue weighted by atomic mass is 35.5. The number of alkyl halides is 1. The summed E-state index contributed by atoms with van der Waals surface area (Å²) in [6.07, 6.45) is -0.574. The Labute approximate surface area is 93.2 Å². The van der Waals surface area contributed by atoms with E-state index >= 15 is 0 Å². The van der Waals surface area contributed by atoms with E-state index < -0.39 is 6.10 Å². The van der Waals surface area contributed by atoms with Gasteiger partial charge in [-0.1, -0.05) is 0 Å². The first-order valence-corrected chi connectivity index (χ1v) is 5.14. The highest BCUT2D eigenvalue weighted by Crippen LogP contribution is 2.21. The van der Waals surface area contributed by atoms with Crippen LogP contribution in [0, 0.1) is 0 Å². The minimum Gasteiger partial charge on any atom is -0.454 e. The van der Waals surface area contributed by atoms with Gasteiger partial charge in [0.2, 0.25) is 0 Å². The summed E-state index contributed by atoms with van der Waals surface area (Å²) in [5.41, 5.74) is 0. The second-order valence-corrected chi connectivity index (χ2v) is 4.03. The Hall–Kier alpha value is -1.00. The minimum absolute atomic E-state index is 0.200. The van der Waals surface area contributed by atoms with E-state index in [2.05, 4.69) is 5.32 Å². The summed E-state index contributed by atoms with van der Waals surface area (Å²) in [5.74, 6) is 0.413. The molecule has 15 heavy (non-hydrogen) atoms. The molecule has 0 aliphatic heterocycles. The molecule has 2 N–H and O–H groups in total. The van der Waals surface area contributed by atoms with Gasteiger partial charge in [0.1, 0.15) is 5.76 Å². The fraction of sp³-hybridized carbons (Fsp3) is 0.500. The summed E-state index contributed by atoms with van der Waals surface area (Å²) in [6.45, 7) is 3.55. The molecule has 1 heterocycles. The Bertz CT molecular complexity index is 333. The van der Waals surface area contributed by atoms with Gasteiger partial charge in [-0.2, -0.15) is 0 Å². The number of hydrogen-bond acceptors (Lipinski definition) is 3. The van der Waals surface area contributed by atoms with E-state index in [1.165, 1.54) is 0 Å². The molecule has 2 atom stereocenters. The lowest BCUT2D eigenvalue weighted by Gasteiger charge is -2.04. The Morgan fingerprint density at radius 1 is 1.60 bits per heavy atom. The van der Waals surface area contributed by atoms with Crippen molar-refractivity contribution in [1.82, 2.24) is 5.32 Å². The fourth-order valence-corrected chi connectivity index (χ4v) is 1.13. The zero-order valence-corrected chi connectivity index (χ0v) is 9.41. The van der Waals surface area contributed by atoms with Crippen molar-refractivity contribution in [3.8, 4) is 0 Å². The molecule has 4 nitrogen and oxygen atoms in total. The zero-order valence-electron chi connectivity index (χ0n) is 8.66. The third-order valence-corrected chi connectivity index (χ3v) is 2.02. The fourth-order valence-electron chi connectivity index (χ4n) is 1.02. The summed E-state index contributed by atoms with van der Waals surface area (Å²) in [6, 6.07) is 3.22. The largest absolute Gasteiger partial charge is 0.454 e. The predicted molar refractivity (Wildman–Crippen MR) is 57.0 cm³/mol. The maximum Gasteiger partial charge on any atom is 0.287 e. The van der Waals surface area contributed by atoms with Gasteiger partial charge >= 0.3 is 0 Å². The standard InChI is InChI=1S/C10H14ClNO3/c1-6(13)5-12-10(14)9-4-3-8(15-9)7(2)11/h3-4,6-7,13H,5H2,1-2H3,(H,12,14). The third kappa shape index (κ3) is 3.57. The molecule has 2 unspecified atom stereocenters. The number of nitrogens with one attached hydrogen (secondary N) is 1. The summed E-state index contributed by atoms with van der Waals surface area (Å²) >= 11 is 5.78. The van der Waals surface area contributed by atoms with Gasteiger partial charge < -0.3 is 14.8 Å². The molecule has 0 radical (unpaired) electrons. The second-order valence-electron chi connectivity index (χ2n) is 3.38. The van der Waals surface area contributed by atoms with Crippen LogP contribution in [0.2, 0.25) is 0 Å². The van der Waals surface area contributed by atoms with Crippen LogP contribution >= 0.6 is 11.6 Å². The number of aliphatic hydroxyl groups excluding tert-OH is 1. The number of amides is 1. The number of halogens is 1. The molecule has 1 amide bonds. The van der Waals surface area contributed by atoms with Crippen LogP contribution < -0.4 is 5.32 Å². The van der Waals surface area contributed by atoms with Crippen LogP contribution in [0.3, 0.4) is 0 Å². The predicted octanol–water partition coefficient (Wildman–Crippen LogP) is 1.69. The SMILES string of the molecule is CC(O)CNC(=O)c1ccc(C(C)Cl)o1. The van der Waals surface area contributed by atoms with Gasteiger partial charge in [0.15, 0.2) is 5.76 Å². The van der Waals surface area contributed by atoms with Crippen molar-refractivity contribution in [2.24, 2.45) is 0 Å². The van der Waals surface area contributed by atoms with Crippen LogP contribution in [-0.4, -0.2) is 23.7 Å². The molecular weight excluding hydrogens is 218 g/mol. The van der Waals surface area contributed by atoms with Gasteiger partial charge in [-0.15, -0.1) is 11.6 Å². The van der Waals surface area contributed by atoms with Crippen LogP contribution in [0.5, 0.6) is 0 Å². The topological polar surface area (TPSA) is 62.5 Å². The zero-order chi connectivity index (χ0) is 11.4. The molecule has 1 aromatic rings. The molecule has 0 aromatic carbocycles. The average Bonchev–Trinajstić information content (AvgIpc) is 2.62. The van der Waals surface area contributed by atoms with Gasteiger partial charge in [-0.3, -0.25) is 4.79 Å². The Morgan fingerprint density at radius 2 is 2.27 bits per heavy atom. The Kier molecular flexibility index (Phi) is 4.17. The van der Waals surface area contributed by atoms with Crippen molar-refractivity contribution >= 4 is 17.5 Å². The molecule has 0 fully saturated rings. The van der Waals surface area contributed by atoms with Crippen LogP contribution in [0.4, 0.5) is 0 Å². The summed E-state index contributed by atoms with van der Waals surface area (Å²) < 4.78 is 5.21. The van der Waals surface area contributed by atoms with E-state index in [1.807, 2.05) is 0 Å². The lowest BCUT2D eigenvalue weighted by atomic mass is 10.3. The molecule has 0 bridgehead atoms. The monoisotopic (exact) mass is 231 g/mol. The molecule has 1 aromatic heterocycles. The molecular formula is C10H14ClNO3. The average molecular weight is 232 g/mol. The number of furan rings is 1. The first kappa shape index (κ1) is 12.1. The number of rotatable bonds is 4. The van der Waals surface area contributed by atoms with Crippen LogP contribution in [0.25, 0.3) is 0 Å². The molecule has 5 heteroatoms. The first-order chi connectivity index (χ1) is 7.00. The van der Waals surface area contributed by atoms with Gasteiger partial charge in [-0.05, 0) is 26.0 Å². The molecule has 0 spiro atoms. The van der Waals surface area contributed by atoms with Crippen molar-refractivity contribution in [3.63, 3.8) is 0 Å². The number of hydrogen-bond donors (Lipinski definition) is 2. The number of carbonyl (C=O) groups is 1. The molecule has 0 aliphatic carbocycles. The smallest absolute Gasteiger partial charge is 0.287 e. The molecule has 0 saturated heterocycles. The molecule has 0 saturated carbocycles. The van der Waals surface area contributed by atoms with E-state index in [1.54, 1.807) is 26.0 Å². The molecule has 0 aliphatic rings. The van der Waals surface area contributed by atoms with Gasteiger partial charge in [0.25, 0.3) is 5.91 Å². The van der Waals surface area contributed by atoms with Crippen LogP contribution in [0.15, 0.2) is 16.5 Å². The summed E-state index contributed by atoms with van der Waals surface area (Å²) in [4.78, 5) is 11.4. The van der Waals surface area contributed by atoms with Crippen molar-refractivity contribution < 1.29 is 14.3 Å². The van der Waals surface area contributed by atoms with Crippen molar-refractivity contribution in [2.75, 3.05) is 6.54 Å². The second kappa shape index (κ2) is 5.19. The lowest BCUT2D eigenvalue weighted by Crippen LogP contribution is -2.30. The van der Waals surface area contributed by atoms with Crippen molar-refractivity contribution in [3.05, 3.63) is 23.7 Å². The van der Waals surface area contributed by atoms with Crippen molar-refractivity contribution in [1.29, 1.82) is 0 Å². The third-order valence-electron chi connectivity index (χ3n) is 1.80. The van der Waals surface area contributed by atoms with E-state index in [4.69, 9.17) is 21.1 Å². The minimum atomic E-state index is -0.574. The van der Waals surface area contributed by atoms with E-state index in [0.717, 1.165) is 0 Å². The molecule has 84 valence electrons. The summed E-state index contributed by atoms with van der Waals surface area (Å²) in [7, 11) is 0. The normalized spacial score (nSPS) is 14.7. The van der Waals surface area contributed by atoms with Crippen molar-refractivity contribution in [2.45, 2.75) is 25.3 Å². The molecule has 1 rings (SSSR count). The van der Waals surface area contributed by atoms with E-state index in [0.29, 0.717) is 5.76 Å². The van der Waals surface area contributed by atoms with Gasteiger partial charge in [-0.25, -0.2) is 0 Å². The van der Waals surface area contributed by atoms with Crippen LogP contribution in [-0.2, 0) is 0 Å². The van der Waals surface area contributed by atoms with E-state index in [-0.39, 0.29) is 23.6 Å². The maximum absolute atomic E-state index is 11.4. The highest BCUT2D eigenvalue weighted by molar-refractivity contribution is 6.20. The lowest BCUT2D eigenvalue weighted by molar-refractivity contribution is 0.0895. The Morgan fingerprint density at radius 3 is 2.73 bits per heavy atom. The number of aliphatic hydroxyl groups is 1. The highest BCUT2D eigenvalue weighted by Gasteiger charge is 2.13. The summed E-state index contributed by atoms with van der Waals surface area (Å²) in [5, 5.41) is 11.2. The first-order valence-electron chi connectivity index (χ1n) is 4.70.